The third-order valence-corrected chi connectivity index (χ3v) is 3.42. The van der Waals surface area contributed by atoms with Crippen LogP contribution in [0.2, 0.25) is 0 Å². The van der Waals surface area contributed by atoms with Crippen molar-refractivity contribution < 1.29 is 9.53 Å². The van der Waals surface area contributed by atoms with Crippen molar-refractivity contribution >= 4 is 22.3 Å². The number of carbonyl (C=O) groups excluding carboxylic acids is 1. The Labute approximate surface area is 119 Å². The minimum absolute atomic E-state index is 0.189. The van der Waals surface area contributed by atoms with Gasteiger partial charge in [0.25, 0.3) is 5.56 Å². The summed E-state index contributed by atoms with van der Waals surface area (Å²) in [5.74, 6) is -0.297. The Bertz CT molecular complexity index is 651. The van der Waals surface area contributed by atoms with E-state index in [4.69, 9.17) is 0 Å². The average Bonchev–Trinajstić information content (AvgIpc) is 2.87. The molecule has 20 heavy (non-hydrogen) atoms. The van der Waals surface area contributed by atoms with Gasteiger partial charge in [-0.25, -0.2) is 4.98 Å². The molecule has 2 rings (SSSR count). The van der Waals surface area contributed by atoms with Gasteiger partial charge in [0.1, 0.15) is 5.51 Å². The molecular formula is C12H16N4O3S. The van der Waals surface area contributed by atoms with Gasteiger partial charge in [-0.3, -0.25) is 14.5 Å². The van der Waals surface area contributed by atoms with Gasteiger partial charge in [-0.05, 0) is 13.0 Å². The molecule has 0 atom stereocenters. The molecule has 8 heteroatoms. The van der Waals surface area contributed by atoms with E-state index < -0.39 is 0 Å². The number of carbonyl (C=O) groups is 1. The second kappa shape index (κ2) is 6.58. The smallest absolute Gasteiger partial charge is 0.319 e. The number of hydrogen-bond acceptors (Lipinski definition) is 7. The lowest BCUT2D eigenvalue weighted by Crippen LogP contribution is -2.32. The topological polar surface area (TPSA) is 76.8 Å². The van der Waals surface area contributed by atoms with Crippen molar-refractivity contribution in [1.29, 1.82) is 0 Å². The lowest BCUT2D eigenvalue weighted by atomic mass is 10.3. The SMILES string of the molecule is CCCN(CC(=O)OC)Cc1cc(=O)n2ncsc2n1. The average molecular weight is 296 g/mol. The Balaban J connectivity index is 2.19. The van der Waals surface area contributed by atoms with Crippen molar-refractivity contribution in [1.82, 2.24) is 19.5 Å². The molecule has 2 aromatic heterocycles. The van der Waals surface area contributed by atoms with Gasteiger partial charge in [0.05, 0.1) is 19.3 Å². The molecule has 0 fully saturated rings. The van der Waals surface area contributed by atoms with Crippen LogP contribution in [0, 0.1) is 0 Å². The summed E-state index contributed by atoms with van der Waals surface area (Å²) in [4.78, 5) is 30.0. The molecule has 0 spiro atoms. The van der Waals surface area contributed by atoms with Crippen molar-refractivity contribution in [3.63, 3.8) is 0 Å². The number of esters is 1. The molecule has 2 aromatic rings. The van der Waals surface area contributed by atoms with Crippen LogP contribution in [0.25, 0.3) is 4.96 Å². The Morgan fingerprint density at radius 3 is 3.05 bits per heavy atom. The van der Waals surface area contributed by atoms with E-state index in [2.05, 4.69) is 14.8 Å². The van der Waals surface area contributed by atoms with E-state index in [9.17, 15) is 9.59 Å². The zero-order valence-corrected chi connectivity index (χ0v) is 12.2. The third-order valence-electron chi connectivity index (χ3n) is 2.75. The predicted molar refractivity (Wildman–Crippen MR) is 74.7 cm³/mol. The normalized spacial score (nSPS) is 11.2. The standard InChI is InChI=1S/C12H16N4O3S/c1-3-4-15(7-11(18)19-2)6-9-5-10(17)16-12(14-9)20-8-13-16/h5,8H,3-4,6-7H2,1-2H3. The summed E-state index contributed by atoms with van der Waals surface area (Å²) in [6.07, 6.45) is 0.902. The van der Waals surface area contributed by atoms with Gasteiger partial charge < -0.3 is 4.74 Å². The first kappa shape index (κ1) is 14.6. The van der Waals surface area contributed by atoms with Crippen LogP contribution in [0.15, 0.2) is 16.4 Å². The van der Waals surface area contributed by atoms with E-state index in [1.807, 2.05) is 11.8 Å². The van der Waals surface area contributed by atoms with Crippen LogP contribution >= 0.6 is 11.3 Å². The minimum atomic E-state index is -0.297. The molecule has 0 aliphatic rings. The lowest BCUT2D eigenvalue weighted by Gasteiger charge is -2.19. The third kappa shape index (κ3) is 3.40. The molecular weight excluding hydrogens is 280 g/mol. The maximum Gasteiger partial charge on any atom is 0.319 e. The van der Waals surface area contributed by atoms with Gasteiger partial charge in [-0.15, -0.1) is 0 Å². The molecule has 0 radical (unpaired) electrons. The number of nitrogens with zero attached hydrogens (tertiary/aromatic N) is 4. The highest BCUT2D eigenvalue weighted by Gasteiger charge is 2.13. The van der Waals surface area contributed by atoms with Crippen molar-refractivity contribution in [3.05, 3.63) is 27.6 Å². The second-order valence-electron chi connectivity index (χ2n) is 4.31. The number of aromatic nitrogens is 3. The molecule has 0 saturated carbocycles. The van der Waals surface area contributed by atoms with E-state index in [1.54, 1.807) is 5.51 Å². The first-order valence-corrected chi connectivity index (χ1v) is 7.13. The zero-order chi connectivity index (χ0) is 14.5. The monoisotopic (exact) mass is 296 g/mol. The maximum atomic E-state index is 11.8. The molecule has 0 unspecified atom stereocenters. The number of hydrogen-bond donors (Lipinski definition) is 0. The van der Waals surface area contributed by atoms with Crippen molar-refractivity contribution in [3.8, 4) is 0 Å². The fraction of sp³-hybridized carbons (Fsp3) is 0.500. The first-order valence-electron chi connectivity index (χ1n) is 6.25. The molecule has 7 nitrogen and oxygen atoms in total. The summed E-state index contributed by atoms with van der Waals surface area (Å²) in [5.41, 5.74) is 2.00. The van der Waals surface area contributed by atoms with E-state index in [1.165, 1.54) is 29.0 Å². The number of rotatable bonds is 6. The quantitative estimate of drug-likeness (QED) is 0.724. The van der Waals surface area contributed by atoms with Crippen molar-refractivity contribution in [2.45, 2.75) is 19.9 Å². The van der Waals surface area contributed by atoms with Gasteiger partial charge in [-0.1, -0.05) is 18.3 Å². The Kier molecular flexibility index (Phi) is 4.80. The largest absolute Gasteiger partial charge is 0.468 e. The Morgan fingerprint density at radius 1 is 1.55 bits per heavy atom. The summed E-state index contributed by atoms with van der Waals surface area (Å²) in [6.45, 7) is 3.39. The summed E-state index contributed by atoms with van der Waals surface area (Å²) in [7, 11) is 1.36. The predicted octanol–water partition coefficient (Wildman–Crippen LogP) is 0.536. The van der Waals surface area contributed by atoms with Crippen molar-refractivity contribution in [2.24, 2.45) is 0 Å². The summed E-state index contributed by atoms with van der Waals surface area (Å²) in [5, 5.41) is 3.91. The van der Waals surface area contributed by atoms with Gasteiger partial charge in [0.2, 0.25) is 4.96 Å². The highest BCUT2D eigenvalue weighted by molar-refractivity contribution is 7.14. The first-order chi connectivity index (χ1) is 9.63. The zero-order valence-electron chi connectivity index (χ0n) is 11.4. The maximum absolute atomic E-state index is 11.8. The summed E-state index contributed by atoms with van der Waals surface area (Å²) >= 11 is 1.31. The minimum Gasteiger partial charge on any atom is -0.468 e. The summed E-state index contributed by atoms with van der Waals surface area (Å²) in [6, 6.07) is 1.45. The lowest BCUT2D eigenvalue weighted by molar-refractivity contribution is -0.142. The number of fused-ring (bicyclic) bond motifs is 1. The van der Waals surface area contributed by atoms with Gasteiger partial charge in [0.15, 0.2) is 0 Å². The van der Waals surface area contributed by atoms with Crippen LogP contribution in [-0.2, 0) is 16.1 Å². The van der Waals surface area contributed by atoms with Crippen molar-refractivity contribution in [2.75, 3.05) is 20.2 Å². The van der Waals surface area contributed by atoms with E-state index in [0.29, 0.717) is 17.2 Å². The second-order valence-corrected chi connectivity index (χ2v) is 5.12. The summed E-state index contributed by atoms with van der Waals surface area (Å²) < 4.78 is 5.93. The fourth-order valence-electron chi connectivity index (χ4n) is 1.89. The number of ether oxygens (including phenoxy) is 1. The van der Waals surface area contributed by atoms with Crippen LogP contribution in [0.5, 0.6) is 0 Å². The molecule has 0 aromatic carbocycles. The van der Waals surface area contributed by atoms with Crippen LogP contribution in [0.4, 0.5) is 0 Å². The van der Waals surface area contributed by atoms with Gasteiger partial charge in [-0.2, -0.15) is 9.61 Å². The molecule has 0 N–H and O–H groups in total. The van der Waals surface area contributed by atoms with Crippen LogP contribution < -0.4 is 5.56 Å². The van der Waals surface area contributed by atoms with E-state index in [-0.39, 0.29) is 18.1 Å². The molecule has 2 heterocycles. The molecule has 0 bridgehead atoms. The Morgan fingerprint density at radius 2 is 2.35 bits per heavy atom. The Hall–Kier alpha value is -1.80. The molecule has 0 saturated heterocycles. The molecule has 108 valence electrons. The van der Waals surface area contributed by atoms with E-state index >= 15 is 0 Å². The highest BCUT2D eigenvalue weighted by atomic mass is 32.1. The molecule has 0 aliphatic carbocycles. The number of methoxy groups -OCH3 is 1. The van der Waals surface area contributed by atoms with Gasteiger partial charge in [0, 0.05) is 12.6 Å². The molecule has 0 amide bonds. The van der Waals surface area contributed by atoms with Gasteiger partial charge >= 0.3 is 5.97 Å². The molecule has 0 aliphatic heterocycles. The van der Waals surface area contributed by atoms with E-state index in [0.717, 1.165) is 13.0 Å². The van der Waals surface area contributed by atoms with Crippen LogP contribution in [0.1, 0.15) is 19.0 Å². The van der Waals surface area contributed by atoms with Crippen LogP contribution in [-0.4, -0.2) is 45.7 Å². The highest BCUT2D eigenvalue weighted by Crippen LogP contribution is 2.06. The fourth-order valence-corrected chi connectivity index (χ4v) is 2.53. The van der Waals surface area contributed by atoms with Crippen LogP contribution in [0.3, 0.4) is 0 Å².